The average Bonchev–Trinajstić information content (AvgIpc) is 3.51. The second kappa shape index (κ2) is 10.6. The number of hydrogen-bond acceptors (Lipinski definition) is 8. The molecular formula is C26H33N3O7S2. The third-order valence-corrected chi connectivity index (χ3v) is 10.4. The molecule has 12 heteroatoms. The number of aromatic amines is 1. The number of fused-ring (bicyclic) bond motifs is 1. The quantitative estimate of drug-likeness (QED) is 0.359. The van der Waals surface area contributed by atoms with Gasteiger partial charge in [-0.25, -0.2) is 16.8 Å². The average molecular weight is 564 g/mol. The Morgan fingerprint density at radius 2 is 1.92 bits per heavy atom. The lowest BCUT2D eigenvalue weighted by molar-refractivity contribution is -0.0312. The van der Waals surface area contributed by atoms with E-state index in [1.54, 1.807) is 18.3 Å². The lowest BCUT2D eigenvalue weighted by Gasteiger charge is -2.38. The van der Waals surface area contributed by atoms with Crippen LogP contribution in [0, 0.1) is 0 Å². The lowest BCUT2D eigenvalue weighted by atomic mass is 9.88. The summed E-state index contributed by atoms with van der Waals surface area (Å²) in [7, 11) is -6.95. The molecule has 0 bridgehead atoms. The van der Waals surface area contributed by atoms with E-state index in [2.05, 4.69) is 10.3 Å². The maximum absolute atomic E-state index is 13.3. The Balaban J connectivity index is 1.10. The van der Waals surface area contributed by atoms with Crippen LogP contribution in [0.1, 0.15) is 19.3 Å². The van der Waals surface area contributed by atoms with Crippen LogP contribution in [0.2, 0.25) is 0 Å². The molecule has 5 rings (SSSR count). The summed E-state index contributed by atoms with van der Waals surface area (Å²) < 4.78 is 63.3. The molecule has 0 radical (unpaired) electrons. The van der Waals surface area contributed by atoms with Crippen molar-refractivity contribution in [3.63, 3.8) is 0 Å². The van der Waals surface area contributed by atoms with Gasteiger partial charge in [0.25, 0.3) is 0 Å². The molecule has 0 unspecified atom stereocenters. The second-order valence-electron chi connectivity index (χ2n) is 10.1. The van der Waals surface area contributed by atoms with Crippen LogP contribution in [-0.2, 0) is 24.6 Å². The third-order valence-electron chi connectivity index (χ3n) is 7.33. The van der Waals surface area contributed by atoms with Crippen LogP contribution < -0.4 is 10.1 Å². The van der Waals surface area contributed by atoms with Crippen molar-refractivity contribution in [2.24, 2.45) is 0 Å². The molecule has 206 valence electrons. The summed E-state index contributed by atoms with van der Waals surface area (Å²) in [4.78, 5) is 3.51. The summed E-state index contributed by atoms with van der Waals surface area (Å²) in [5, 5.41) is 14.4. The Hall–Kier alpha value is -2.48. The van der Waals surface area contributed by atoms with Gasteiger partial charge in [0.05, 0.1) is 17.1 Å². The molecule has 2 fully saturated rings. The minimum atomic E-state index is -3.62. The highest BCUT2D eigenvalue weighted by Gasteiger charge is 2.45. The van der Waals surface area contributed by atoms with E-state index in [9.17, 15) is 21.9 Å². The van der Waals surface area contributed by atoms with E-state index in [1.807, 2.05) is 24.3 Å². The number of benzene rings is 2. The summed E-state index contributed by atoms with van der Waals surface area (Å²) in [5.74, 6) is 0.379. The van der Waals surface area contributed by atoms with E-state index in [0.29, 0.717) is 48.6 Å². The van der Waals surface area contributed by atoms with Gasteiger partial charge >= 0.3 is 0 Å². The van der Waals surface area contributed by atoms with E-state index in [4.69, 9.17) is 9.47 Å². The van der Waals surface area contributed by atoms with Crippen LogP contribution >= 0.6 is 0 Å². The Labute approximate surface area is 222 Å². The van der Waals surface area contributed by atoms with E-state index >= 15 is 0 Å². The first-order valence-electron chi connectivity index (χ1n) is 12.6. The largest absolute Gasteiger partial charge is 0.491 e. The van der Waals surface area contributed by atoms with Crippen molar-refractivity contribution in [2.75, 3.05) is 39.1 Å². The number of nitrogens with one attached hydrogen (secondary N) is 2. The molecule has 1 aromatic heterocycles. The van der Waals surface area contributed by atoms with Gasteiger partial charge in [0.2, 0.25) is 10.0 Å². The minimum absolute atomic E-state index is 0.0135. The van der Waals surface area contributed by atoms with E-state index in [1.165, 1.54) is 16.4 Å². The molecule has 38 heavy (non-hydrogen) atoms. The fourth-order valence-corrected chi connectivity index (χ4v) is 7.47. The number of aliphatic hydroxyl groups excluding tert-OH is 1. The van der Waals surface area contributed by atoms with Crippen LogP contribution in [0.15, 0.2) is 64.5 Å². The number of hydrogen-bond donors (Lipinski definition) is 3. The number of aromatic nitrogens is 1. The Morgan fingerprint density at radius 3 is 2.68 bits per heavy atom. The van der Waals surface area contributed by atoms with Crippen LogP contribution in [0.5, 0.6) is 5.75 Å². The van der Waals surface area contributed by atoms with E-state index in [-0.39, 0.29) is 29.7 Å². The Kier molecular flexibility index (Phi) is 7.55. The normalized spacial score (nSPS) is 21.2. The number of sulfonamides is 1. The van der Waals surface area contributed by atoms with Gasteiger partial charge in [-0.15, -0.1) is 0 Å². The fourth-order valence-electron chi connectivity index (χ4n) is 5.20. The number of nitrogens with zero attached hydrogens (tertiary/aromatic N) is 1. The van der Waals surface area contributed by atoms with Gasteiger partial charge in [0.15, 0.2) is 9.84 Å². The zero-order valence-electron chi connectivity index (χ0n) is 21.2. The molecule has 2 atom stereocenters. The molecular weight excluding hydrogens is 530 g/mol. The summed E-state index contributed by atoms with van der Waals surface area (Å²) in [6, 6.07) is 13.6. The standard InChI is InChI=1S/C26H33N3O7S2/c1-37(31,32)22-6-4-5-21(13-22)35-18-20(30)15-27-19-14-26(36-17-19)9-11-29(12-10-26)38(33,34)25-16-28-24-8-3-2-7-23(24)25/h2-8,13,16,19-20,27-28,30H,9-12,14-15,17-18H2,1H3/t19-,20+/m1/s1. The second-order valence-corrected chi connectivity index (χ2v) is 14.0. The zero-order chi connectivity index (χ0) is 27.0. The first-order chi connectivity index (χ1) is 18.1. The molecule has 3 aromatic rings. The first kappa shape index (κ1) is 27.1. The van der Waals surface area contributed by atoms with Gasteiger partial charge in [0, 0.05) is 49.0 Å². The summed E-state index contributed by atoms with van der Waals surface area (Å²) in [6.07, 6.45) is 3.85. The zero-order valence-corrected chi connectivity index (χ0v) is 22.8. The molecule has 2 aromatic carbocycles. The monoisotopic (exact) mass is 563 g/mol. The van der Waals surface area contributed by atoms with Crippen molar-refractivity contribution in [1.29, 1.82) is 0 Å². The summed E-state index contributed by atoms with van der Waals surface area (Å²) in [6.45, 7) is 1.56. The SMILES string of the molecule is CS(=O)(=O)c1cccc(OC[C@@H](O)CN[C@H]2COC3(CCN(S(=O)(=O)c4c[nH]c5ccccc45)CC3)C2)c1. The topological polar surface area (TPSA) is 138 Å². The van der Waals surface area contributed by atoms with E-state index < -0.39 is 26.0 Å². The molecule has 0 aliphatic carbocycles. The van der Waals surface area contributed by atoms with Gasteiger partial charge in [-0.2, -0.15) is 4.31 Å². The first-order valence-corrected chi connectivity index (χ1v) is 15.9. The minimum Gasteiger partial charge on any atom is -0.491 e. The van der Waals surface area contributed by atoms with Crippen molar-refractivity contribution >= 4 is 30.8 Å². The predicted molar refractivity (Wildman–Crippen MR) is 142 cm³/mol. The maximum atomic E-state index is 13.3. The van der Waals surface area contributed by atoms with Crippen LogP contribution in [-0.4, -0.2) is 88.1 Å². The number of sulfone groups is 1. The fraction of sp³-hybridized carbons (Fsp3) is 0.462. The Morgan fingerprint density at radius 1 is 1.16 bits per heavy atom. The molecule has 2 saturated heterocycles. The number of aliphatic hydroxyl groups is 1. The van der Waals surface area contributed by atoms with Gasteiger partial charge in [0.1, 0.15) is 23.4 Å². The molecule has 0 amide bonds. The molecule has 10 nitrogen and oxygen atoms in total. The van der Waals surface area contributed by atoms with Gasteiger partial charge < -0.3 is 24.9 Å². The molecule has 0 saturated carbocycles. The molecule has 1 spiro atoms. The molecule has 2 aliphatic heterocycles. The smallest absolute Gasteiger partial charge is 0.245 e. The van der Waals surface area contributed by atoms with Crippen LogP contribution in [0.25, 0.3) is 10.9 Å². The number of ether oxygens (including phenoxy) is 2. The number of piperidine rings is 1. The highest BCUT2D eigenvalue weighted by molar-refractivity contribution is 7.90. The number of H-pyrrole nitrogens is 1. The Bertz CT molecular complexity index is 1500. The number of rotatable bonds is 9. The van der Waals surface area contributed by atoms with Crippen molar-refractivity contribution < 1.29 is 31.4 Å². The molecule has 3 heterocycles. The van der Waals surface area contributed by atoms with Gasteiger partial charge in [-0.1, -0.05) is 24.3 Å². The van der Waals surface area contributed by atoms with Crippen LogP contribution in [0.3, 0.4) is 0 Å². The highest BCUT2D eigenvalue weighted by atomic mass is 32.2. The molecule has 3 N–H and O–H groups in total. The van der Waals surface area contributed by atoms with Crippen molar-refractivity contribution in [3.05, 3.63) is 54.7 Å². The third kappa shape index (κ3) is 5.75. The highest BCUT2D eigenvalue weighted by Crippen LogP contribution is 2.38. The number of para-hydroxylation sites is 1. The van der Waals surface area contributed by atoms with Gasteiger partial charge in [-0.3, -0.25) is 0 Å². The van der Waals surface area contributed by atoms with Crippen molar-refractivity contribution in [2.45, 2.75) is 46.8 Å². The molecule has 2 aliphatic rings. The summed E-state index contributed by atoms with van der Waals surface area (Å²) >= 11 is 0. The van der Waals surface area contributed by atoms with Gasteiger partial charge in [-0.05, 0) is 43.5 Å². The van der Waals surface area contributed by atoms with Crippen molar-refractivity contribution in [3.8, 4) is 5.75 Å². The van der Waals surface area contributed by atoms with E-state index in [0.717, 1.165) is 18.2 Å². The maximum Gasteiger partial charge on any atom is 0.245 e. The van der Waals surface area contributed by atoms with Crippen LogP contribution in [0.4, 0.5) is 0 Å². The van der Waals surface area contributed by atoms with Crippen molar-refractivity contribution in [1.82, 2.24) is 14.6 Å². The predicted octanol–water partition coefficient (Wildman–Crippen LogP) is 1.91. The lowest BCUT2D eigenvalue weighted by Crippen LogP contribution is -2.47. The summed E-state index contributed by atoms with van der Waals surface area (Å²) in [5.41, 5.74) is 0.417.